The van der Waals surface area contributed by atoms with Crippen LogP contribution >= 0.6 is 11.3 Å². The van der Waals surface area contributed by atoms with Gasteiger partial charge in [0, 0.05) is 18.8 Å². The minimum Gasteiger partial charge on any atom is -0.336 e. The topological polar surface area (TPSA) is 33.2 Å². The molecule has 0 aromatic carbocycles. The fourth-order valence-electron chi connectivity index (χ4n) is 2.58. The summed E-state index contributed by atoms with van der Waals surface area (Å²) in [6.07, 6.45) is 3.95. The van der Waals surface area contributed by atoms with E-state index in [-0.39, 0.29) is 5.91 Å². The summed E-state index contributed by atoms with van der Waals surface area (Å²) in [5.41, 5.74) is 1.53. The third kappa shape index (κ3) is 2.28. The number of nitrogens with zero attached hydrogens (tertiary/aromatic N) is 2. The van der Waals surface area contributed by atoms with Crippen molar-refractivity contribution in [2.45, 2.75) is 25.8 Å². The molecule has 1 fully saturated rings. The first-order valence-electron chi connectivity index (χ1n) is 6.57. The molecule has 0 spiro atoms. The van der Waals surface area contributed by atoms with Gasteiger partial charge in [0.2, 0.25) is 0 Å². The number of amides is 1. The highest BCUT2D eigenvalue weighted by molar-refractivity contribution is 7.13. The third-order valence-electron chi connectivity index (χ3n) is 3.61. The van der Waals surface area contributed by atoms with E-state index < -0.39 is 0 Å². The number of rotatable bonds is 2. The van der Waals surface area contributed by atoms with Crippen molar-refractivity contribution in [3.8, 4) is 10.6 Å². The molecule has 0 saturated carbocycles. The zero-order chi connectivity index (χ0) is 13.2. The van der Waals surface area contributed by atoms with Crippen LogP contribution in [-0.2, 0) is 0 Å². The third-order valence-corrected chi connectivity index (χ3v) is 4.48. The molecule has 2 aromatic heterocycles. The molecular formula is C15H16N2OS. The second-order valence-electron chi connectivity index (χ2n) is 4.87. The SMILES string of the molecule is CC1CCCN1C(=O)c1cccnc1-c1cccs1. The van der Waals surface area contributed by atoms with Crippen molar-refractivity contribution in [3.63, 3.8) is 0 Å². The van der Waals surface area contributed by atoms with E-state index in [9.17, 15) is 4.79 Å². The van der Waals surface area contributed by atoms with Crippen molar-refractivity contribution in [2.24, 2.45) is 0 Å². The Morgan fingerprint density at radius 3 is 3.00 bits per heavy atom. The van der Waals surface area contributed by atoms with E-state index in [1.807, 2.05) is 34.5 Å². The standard InChI is InChI=1S/C15H16N2OS/c1-11-5-3-9-17(11)15(18)12-6-2-8-16-14(12)13-7-4-10-19-13/h2,4,6-8,10-11H,3,5,9H2,1H3. The molecule has 1 saturated heterocycles. The van der Waals surface area contributed by atoms with Crippen molar-refractivity contribution >= 4 is 17.2 Å². The van der Waals surface area contributed by atoms with Gasteiger partial charge in [-0.3, -0.25) is 9.78 Å². The lowest BCUT2D eigenvalue weighted by Crippen LogP contribution is -2.34. The van der Waals surface area contributed by atoms with E-state index >= 15 is 0 Å². The summed E-state index contributed by atoms with van der Waals surface area (Å²) >= 11 is 1.62. The van der Waals surface area contributed by atoms with Crippen LogP contribution in [0.5, 0.6) is 0 Å². The largest absolute Gasteiger partial charge is 0.336 e. The number of aromatic nitrogens is 1. The first-order valence-corrected chi connectivity index (χ1v) is 7.45. The minimum atomic E-state index is 0.113. The maximum atomic E-state index is 12.7. The number of pyridine rings is 1. The second kappa shape index (κ2) is 5.13. The van der Waals surface area contributed by atoms with E-state index in [1.54, 1.807) is 17.5 Å². The molecule has 0 N–H and O–H groups in total. The monoisotopic (exact) mass is 272 g/mol. The van der Waals surface area contributed by atoms with Crippen LogP contribution in [0.1, 0.15) is 30.1 Å². The Morgan fingerprint density at radius 1 is 1.42 bits per heavy atom. The highest BCUT2D eigenvalue weighted by Gasteiger charge is 2.28. The van der Waals surface area contributed by atoms with Gasteiger partial charge in [0.1, 0.15) is 0 Å². The van der Waals surface area contributed by atoms with Crippen LogP contribution in [0, 0.1) is 0 Å². The predicted molar refractivity (Wildman–Crippen MR) is 77.3 cm³/mol. The van der Waals surface area contributed by atoms with Crippen LogP contribution < -0.4 is 0 Å². The molecule has 3 nitrogen and oxygen atoms in total. The minimum absolute atomic E-state index is 0.113. The van der Waals surface area contributed by atoms with Crippen molar-refractivity contribution < 1.29 is 4.79 Å². The molecule has 3 rings (SSSR count). The maximum absolute atomic E-state index is 12.7. The van der Waals surface area contributed by atoms with Gasteiger partial charge in [-0.1, -0.05) is 6.07 Å². The quantitative estimate of drug-likeness (QED) is 0.839. The molecule has 19 heavy (non-hydrogen) atoms. The predicted octanol–water partition coefficient (Wildman–Crippen LogP) is 3.43. The fraction of sp³-hybridized carbons (Fsp3) is 0.333. The molecule has 1 aliphatic rings. The summed E-state index contributed by atoms with van der Waals surface area (Å²) in [4.78, 5) is 20.1. The van der Waals surface area contributed by atoms with Crippen LogP contribution in [0.4, 0.5) is 0 Å². The number of carbonyl (C=O) groups excluding carboxylic acids is 1. The lowest BCUT2D eigenvalue weighted by Gasteiger charge is -2.22. The summed E-state index contributed by atoms with van der Waals surface area (Å²) in [6, 6.07) is 8.06. The Kier molecular flexibility index (Phi) is 3.34. The van der Waals surface area contributed by atoms with Gasteiger partial charge in [-0.05, 0) is 43.3 Å². The normalized spacial score (nSPS) is 18.8. The average Bonchev–Trinajstić information content (AvgIpc) is 3.09. The van der Waals surface area contributed by atoms with Gasteiger partial charge in [0.05, 0.1) is 16.1 Å². The molecule has 2 aromatic rings. The van der Waals surface area contributed by atoms with Gasteiger partial charge in [-0.25, -0.2) is 0 Å². The fourth-order valence-corrected chi connectivity index (χ4v) is 3.31. The summed E-state index contributed by atoms with van der Waals surface area (Å²) in [6.45, 7) is 2.98. The van der Waals surface area contributed by atoms with Crippen molar-refractivity contribution in [1.29, 1.82) is 0 Å². The van der Waals surface area contributed by atoms with Crippen molar-refractivity contribution in [3.05, 3.63) is 41.4 Å². The van der Waals surface area contributed by atoms with E-state index in [4.69, 9.17) is 0 Å². The molecule has 1 atom stereocenters. The van der Waals surface area contributed by atoms with Gasteiger partial charge >= 0.3 is 0 Å². The summed E-state index contributed by atoms with van der Waals surface area (Å²) in [5.74, 6) is 0.113. The number of carbonyl (C=O) groups is 1. The second-order valence-corrected chi connectivity index (χ2v) is 5.81. The maximum Gasteiger partial charge on any atom is 0.256 e. The first kappa shape index (κ1) is 12.4. The lowest BCUT2D eigenvalue weighted by molar-refractivity contribution is 0.0748. The Balaban J connectivity index is 1.99. The van der Waals surface area contributed by atoms with Crippen molar-refractivity contribution in [2.75, 3.05) is 6.54 Å². The Bertz CT molecular complexity index is 580. The van der Waals surface area contributed by atoms with Gasteiger partial charge < -0.3 is 4.90 Å². The van der Waals surface area contributed by atoms with Crippen LogP contribution in [-0.4, -0.2) is 28.4 Å². The molecule has 0 bridgehead atoms. The molecule has 98 valence electrons. The Labute approximate surface area is 116 Å². The molecule has 3 heterocycles. The van der Waals surface area contributed by atoms with E-state index in [1.165, 1.54) is 0 Å². The van der Waals surface area contributed by atoms with E-state index in [0.717, 1.165) is 35.5 Å². The van der Waals surface area contributed by atoms with Crippen LogP contribution in [0.15, 0.2) is 35.8 Å². The van der Waals surface area contributed by atoms with E-state index in [0.29, 0.717) is 6.04 Å². The van der Waals surface area contributed by atoms with E-state index in [2.05, 4.69) is 11.9 Å². The number of hydrogen-bond donors (Lipinski definition) is 0. The highest BCUT2D eigenvalue weighted by atomic mass is 32.1. The molecule has 0 radical (unpaired) electrons. The van der Waals surface area contributed by atoms with Gasteiger partial charge in [0.15, 0.2) is 0 Å². The van der Waals surface area contributed by atoms with Crippen LogP contribution in [0.3, 0.4) is 0 Å². The highest BCUT2D eigenvalue weighted by Crippen LogP contribution is 2.28. The lowest BCUT2D eigenvalue weighted by atomic mass is 10.1. The molecule has 4 heteroatoms. The Morgan fingerprint density at radius 2 is 2.32 bits per heavy atom. The average molecular weight is 272 g/mol. The van der Waals surface area contributed by atoms with Gasteiger partial charge in [0.25, 0.3) is 5.91 Å². The zero-order valence-electron chi connectivity index (χ0n) is 10.9. The van der Waals surface area contributed by atoms with Crippen LogP contribution in [0.2, 0.25) is 0 Å². The summed E-state index contributed by atoms with van der Waals surface area (Å²) < 4.78 is 0. The van der Waals surface area contributed by atoms with Gasteiger partial charge in [-0.2, -0.15) is 0 Å². The van der Waals surface area contributed by atoms with Crippen molar-refractivity contribution in [1.82, 2.24) is 9.88 Å². The van der Waals surface area contributed by atoms with Crippen LogP contribution in [0.25, 0.3) is 10.6 Å². The van der Waals surface area contributed by atoms with Gasteiger partial charge in [-0.15, -0.1) is 11.3 Å². The molecule has 0 aliphatic carbocycles. The first-order chi connectivity index (χ1) is 9.27. The summed E-state index contributed by atoms with van der Waals surface area (Å²) in [5, 5.41) is 2.01. The Hall–Kier alpha value is -1.68. The molecular weight excluding hydrogens is 256 g/mol. The molecule has 1 aliphatic heterocycles. The number of hydrogen-bond acceptors (Lipinski definition) is 3. The smallest absolute Gasteiger partial charge is 0.256 e. The number of likely N-dealkylation sites (tertiary alicyclic amines) is 1. The molecule has 1 unspecified atom stereocenters. The molecule has 1 amide bonds. The summed E-state index contributed by atoms with van der Waals surface area (Å²) in [7, 11) is 0. The zero-order valence-corrected chi connectivity index (χ0v) is 11.7. The number of thiophene rings is 1.